The Labute approximate surface area is 368 Å². The molecule has 314 valence electrons. The average Bonchev–Trinajstić information content (AvgIpc) is 3.75. The van der Waals surface area contributed by atoms with Gasteiger partial charge in [-0.05, 0) is 188 Å². The molecular weight excluding hydrogens is 735 g/mol. The molecule has 5 aromatic carbocycles. The molecule has 4 fully saturated rings. The van der Waals surface area contributed by atoms with E-state index >= 15 is 0 Å². The fourth-order valence-electron chi connectivity index (χ4n) is 13.8. The van der Waals surface area contributed by atoms with Crippen LogP contribution < -0.4 is 26.2 Å². The van der Waals surface area contributed by atoms with Gasteiger partial charge in [-0.3, -0.25) is 0 Å². The van der Waals surface area contributed by atoms with Gasteiger partial charge in [-0.15, -0.1) is 0 Å². The molecule has 1 spiro atoms. The van der Waals surface area contributed by atoms with E-state index in [0.717, 1.165) is 17.8 Å². The van der Waals surface area contributed by atoms with Crippen molar-refractivity contribution in [3.63, 3.8) is 0 Å². The zero-order chi connectivity index (χ0) is 42.8. The average molecular weight is 805 g/mol. The Hall–Kier alpha value is -4.24. The van der Waals surface area contributed by atoms with Crippen LogP contribution in [0.15, 0.2) is 97.1 Å². The number of nitrogens with zero attached hydrogens (tertiary/aromatic N) is 2. The molecule has 61 heavy (non-hydrogen) atoms. The third-order valence-corrected chi connectivity index (χ3v) is 17.1. The molecule has 3 heteroatoms. The van der Waals surface area contributed by atoms with Crippen molar-refractivity contribution in [3.05, 3.63) is 125 Å². The molecule has 2 aliphatic heterocycles. The third-order valence-electron chi connectivity index (χ3n) is 17.1. The first-order chi connectivity index (χ1) is 28.6. The summed E-state index contributed by atoms with van der Waals surface area (Å²) < 4.78 is 0. The monoisotopic (exact) mass is 805 g/mol. The van der Waals surface area contributed by atoms with Gasteiger partial charge in [0, 0.05) is 34.1 Å². The molecular formula is C58H69BN2. The highest BCUT2D eigenvalue weighted by Crippen LogP contribution is 2.75. The van der Waals surface area contributed by atoms with Crippen LogP contribution in [0.4, 0.5) is 34.1 Å². The van der Waals surface area contributed by atoms with Crippen LogP contribution in [0, 0.1) is 23.2 Å². The van der Waals surface area contributed by atoms with Crippen molar-refractivity contribution in [2.45, 2.75) is 155 Å². The third kappa shape index (κ3) is 5.94. The van der Waals surface area contributed by atoms with Crippen molar-refractivity contribution in [1.29, 1.82) is 0 Å². The lowest BCUT2D eigenvalue weighted by molar-refractivity contribution is -0.0178. The maximum absolute atomic E-state index is 2.76. The van der Waals surface area contributed by atoms with Crippen LogP contribution in [0.5, 0.6) is 0 Å². The summed E-state index contributed by atoms with van der Waals surface area (Å²) in [6.45, 7) is 28.5. The highest BCUT2D eigenvalue weighted by atomic mass is 15.2. The molecule has 4 aliphatic carbocycles. The SMILES string of the molecule is CC(C)(C)c1ccc(N2c3ccc(C(C)(C)C)cc3B3c4ccccc4N(c4cc(C(C)(C)C)cc(C(C)(C)C)c4)c4cc(C56CC7CCC8(C7)CC(C5)C8C6)cc2c43)cc1. The Morgan fingerprint density at radius 3 is 1.72 bits per heavy atom. The maximum atomic E-state index is 2.76. The molecule has 2 heterocycles. The molecule has 5 atom stereocenters. The Bertz CT molecular complexity index is 2570. The summed E-state index contributed by atoms with van der Waals surface area (Å²) in [6, 6.07) is 39.6. The maximum Gasteiger partial charge on any atom is 0.252 e. The van der Waals surface area contributed by atoms with Crippen molar-refractivity contribution >= 4 is 57.2 Å². The van der Waals surface area contributed by atoms with Crippen molar-refractivity contribution in [3.8, 4) is 0 Å². The van der Waals surface area contributed by atoms with Crippen molar-refractivity contribution < 1.29 is 0 Å². The predicted octanol–water partition coefficient (Wildman–Crippen LogP) is 13.8. The molecule has 11 rings (SSSR count). The first kappa shape index (κ1) is 39.6. The van der Waals surface area contributed by atoms with E-state index in [9.17, 15) is 0 Å². The van der Waals surface area contributed by atoms with Gasteiger partial charge in [0.1, 0.15) is 0 Å². The van der Waals surface area contributed by atoms with E-state index in [4.69, 9.17) is 0 Å². The van der Waals surface area contributed by atoms with E-state index < -0.39 is 0 Å². The Kier molecular flexibility index (Phi) is 8.24. The lowest BCUT2D eigenvalue weighted by Crippen LogP contribution is -2.61. The second kappa shape index (κ2) is 12.7. The normalized spacial score (nSPS) is 26.1. The van der Waals surface area contributed by atoms with E-state index in [1.165, 1.54) is 118 Å². The van der Waals surface area contributed by atoms with Gasteiger partial charge in [0.2, 0.25) is 0 Å². The second-order valence-electron chi connectivity index (χ2n) is 25.1. The van der Waals surface area contributed by atoms with Crippen molar-refractivity contribution in [2.75, 3.05) is 9.80 Å². The van der Waals surface area contributed by atoms with Gasteiger partial charge in [0.05, 0.1) is 0 Å². The number of rotatable bonds is 3. The van der Waals surface area contributed by atoms with Gasteiger partial charge in [-0.2, -0.15) is 0 Å². The van der Waals surface area contributed by atoms with Gasteiger partial charge in [-0.25, -0.2) is 0 Å². The first-order valence-corrected chi connectivity index (χ1v) is 23.9. The summed E-state index contributed by atoms with van der Waals surface area (Å²) in [6.07, 6.45) is 10.0. The van der Waals surface area contributed by atoms with Crippen LogP contribution in [0.3, 0.4) is 0 Å². The lowest BCUT2D eigenvalue weighted by Gasteiger charge is -2.51. The minimum Gasteiger partial charge on any atom is -0.311 e. The minimum absolute atomic E-state index is 0.00510. The van der Waals surface area contributed by atoms with Crippen LogP contribution >= 0.6 is 0 Å². The van der Waals surface area contributed by atoms with Gasteiger partial charge >= 0.3 is 0 Å². The number of hydrogen-bond acceptors (Lipinski definition) is 2. The molecule has 0 N–H and O–H groups in total. The first-order valence-electron chi connectivity index (χ1n) is 23.9. The van der Waals surface area contributed by atoms with Crippen LogP contribution in [0.1, 0.15) is 156 Å². The molecule has 6 aliphatic rings. The van der Waals surface area contributed by atoms with Crippen LogP contribution in [0.2, 0.25) is 0 Å². The second-order valence-corrected chi connectivity index (χ2v) is 25.1. The zero-order valence-corrected chi connectivity index (χ0v) is 39.4. The van der Waals surface area contributed by atoms with Crippen LogP contribution in [0.25, 0.3) is 0 Å². The van der Waals surface area contributed by atoms with Crippen molar-refractivity contribution in [1.82, 2.24) is 0 Å². The molecule has 5 aromatic rings. The summed E-state index contributed by atoms with van der Waals surface area (Å²) >= 11 is 0. The fraction of sp³-hybridized carbons (Fsp3) is 0.483. The Morgan fingerprint density at radius 1 is 0.492 bits per heavy atom. The molecule has 4 bridgehead atoms. The molecule has 0 radical (unpaired) electrons. The number of anilines is 6. The summed E-state index contributed by atoms with van der Waals surface area (Å²) in [7, 11) is 0. The zero-order valence-electron chi connectivity index (χ0n) is 39.4. The number of hydrogen-bond donors (Lipinski definition) is 0. The van der Waals surface area contributed by atoms with Gasteiger partial charge in [0.25, 0.3) is 6.71 Å². The van der Waals surface area contributed by atoms with Gasteiger partial charge in [-0.1, -0.05) is 132 Å². The van der Waals surface area contributed by atoms with E-state index in [-0.39, 0.29) is 33.8 Å². The predicted molar refractivity (Wildman–Crippen MR) is 262 cm³/mol. The molecule has 4 saturated carbocycles. The minimum atomic E-state index is 0.00510. The van der Waals surface area contributed by atoms with Crippen molar-refractivity contribution in [2.24, 2.45) is 23.2 Å². The number of benzene rings is 5. The molecule has 0 amide bonds. The van der Waals surface area contributed by atoms with E-state index in [2.05, 4.69) is 190 Å². The highest BCUT2D eigenvalue weighted by molar-refractivity contribution is 7.00. The summed E-state index contributed by atoms with van der Waals surface area (Å²) in [4.78, 5) is 5.42. The summed E-state index contributed by atoms with van der Waals surface area (Å²) in [5, 5.41) is 0. The van der Waals surface area contributed by atoms with Gasteiger partial charge < -0.3 is 9.80 Å². The largest absolute Gasteiger partial charge is 0.311 e. The molecule has 0 saturated heterocycles. The molecule has 0 aromatic heterocycles. The standard InChI is InChI=1S/C58H69BN2/c1-53(2,3)38-17-20-43(21-18-38)60-49-22-19-39(54(4,5)6)28-47(49)59-46-15-13-14-16-48(46)61(44-26-40(55(7,8)9)25-41(27-44)56(10,11)12)51-30-42(29-50(60)52(51)59)58-32-36-23-24-57(31-36)33-37(34-58)45(57)35-58/h13-22,25-30,36-37,45H,23-24,31-35H2,1-12H3. The molecule has 2 nitrogen and oxygen atoms in total. The van der Waals surface area contributed by atoms with Crippen LogP contribution in [-0.4, -0.2) is 6.71 Å². The molecule has 5 unspecified atom stereocenters. The lowest BCUT2D eigenvalue weighted by atomic mass is 9.33. The van der Waals surface area contributed by atoms with E-state index in [0.29, 0.717) is 5.41 Å². The topological polar surface area (TPSA) is 6.48 Å². The van der Waals surface area contributed by atoms with Gasteiger partial charge in [0.15, 0.2) is 0 Å². The highest BCUT2D eigenvalue weighted by Gasteiger charge is 2.66. The van der Waals surface area contributed by atoms with E-state index in [1.54, 1.807) is 5.56 Å². The number of para-hydroxylation sites is 1. The fourth-order valence-corrected chi connectivity index (χ4v) is 13.8. The smallest absolute Gasteiger partial charge is 0.252 e. The van der Waals surface area contributed by atoms with E-state index in [1.807, 2.05) is 0 Å². The summed E-state index contributed by atoms with van der Waals surface area (Å²) in [5.74, 6) is 2.66. The summed E-state index contributed by atoms with van der Waals surface area (Å²) in [5.41, 5.74) is 20.4. The van der Waals surface area contributed by atoms with Crippen LogP contribution in [-0.2, 0) is 27.1 Å². The Balaban J connectivity index is 1.23. The number of fused-ring (bicyclic) bond motifs is 6. The quantitative estimate of drug-likeness (QED) is 0.164. The Morgan fingerprint density at radius 2 is 1.08 bits per heavy atom.